The van der Waals surface area contributed by atoms with E-state index >= 15 is 0 Å². The van der Waals surface area contributed by atoms with Crippen LogP contribution in [0.1, 0.15) is 24.2 Å². The highest BCUT2D eigenvalue weighted by atomic mass is 35.5. The molecule has 2 aromatic rings. The molecule has 2 unspecified atom stereocenters. The highest BCUT2D eigenvalue weighted by Gasteiger charge is 2.34. The molecule has 0 radical (unpaired) electrons. The summed E-state index contributed by atoms with van der Waals surface area (Å²) in [5, 5.41) is 0.414. The Morgan fingerprint density at radius 2 is 1.84 bits per heavy atom. The number of sulfonamides is 1. The molecule has 0 bridgehead atoms. The van der Waals surface area contributed by atoms with Crippen molar-refractivity contribution >= 4 is 21.6 Å². The topological polar surface area (TPSA) is 46.6 Å². The van der Waals surface area contributed by atoms with Crippen molar-refractivity contribution in [2.75, 3.05) is 13.1 Å². The lowest BCUT2D eigenvalue weighted by Crippen LogP contribution is -2.45. The maximum Gasteiger partial charge on any atom is 0.243 e. The quantitative estimate of drug-likeness (QED) is 0.806. The Kier molecular flexibility index (Phi) is 5.16. The van der Waals surface area contributed by atoms with Gasteiger partial charge in [-0.1, -0.05) is 29.8 Å². The summed E-state index contributed by atoms with van der Waals surface area (Å²) in [5.41, 5.74) is 1.57. The maximum atomic E-state index is 13.1. The van der Waals surface area contributed by atoms with Gasteiger partial charge in [-0.3, -0.25) is 0 Å². The van der Waals surface area contributed by atoms with Crippen molar-refractivity contribution in [1.82, 2.24) is 4.31 Å². The molecular formula is C18H19ClFNO3S. The first-order chi connectivity index (χ1) is 11.8. The van der Waals surface area contributed by atoms with Crippen LogP contribution in [0.4, 0.5) is 4.39 Å². The Morgan fingerprint density at radius 1 is 1.16 bits per heavy atom. The van der Waals surface area contributed by atoms with Gasteiger partial charge in [0, 0.05) is 18.1 Å². The molecule has 25 heavy (non-hydrogen) atoms. The van der Waals surface area contributed by atoms with Gasteiger partial charge < -0.3 is 4.74 Å². The molecule has 3 rings (SSSR count). The first kappa shape index (κ1) is 18.3. The Morgan fingerprint density at radius 3 is 2.48 bits per heavy atom. The summed E-state index contributed by atoms with van der Waals surface area (Å²) in [6.45, 7) is 4.07. The first-order valence-electron chi connectivity index (χ1n) is 7.94. The number of hydrogen-bond donors (Lipinski definition) is 0. The van der Waals surface area contributed by atoms with Crippen molar-refractivity contribution in [3.05, 3.63) is 64.4 Å². The fourth-order valence-corrected chi connectivity index (χ4v) is 4.64. The largest absolute Gasteiger partial charge is 0.368 e. The van der Waals surface area contributed by atoms with Gasteiger partial charge in [-0.05, 0) is 49.2 Å². The summed E-state index contributed by atoms with van der Waals surface area (Å²) < 4.78 is 46.3. The van der Waals surface area contributed by atoms with Crippen LogP contribution < -0.4 is 0 Å². The molecule has 2 atom stereocenters. The third kappa shape index (κ3) is 3.87. The van der Waals surface area contributed by atoms with Gasteiger partial charge in [-0.2, -0.15) is 4.31 Å². The second kappa shape index (κ2) is 7.03. The molecule has 0 aliphatic carbocycles. The Bertz CT molecular complexity index is 870. The molecule has 2 aromatic carbocycles. The summed E-state index contributed by atoms with van der Waals surface area (Å²) in [7, 11) is -3.69. The van der Waals surface area contributed by atoms with Crippen LogP contribution in [0.15, 0.2) is 47.4 Å². The van der Waals surface area contributed by atoms with Crippen molar-refractivity contribution in [3.8, 4) is 0 Å². The third-order valence-corrected chi connectivity index (χ3v) is 6.48. The van der Waals surface area contributed by atoms with Crippen LogP contribution in [-0.4, -0.2) is 31.9 Å². The molecule has 1 saturated heterocycles. The molecule has 0 amide bonds. The van der Waals surface area contributed by atoms with Crippen molar-refractivity contribution in [3.63, 3.8) is 0 Å². The van der Waals surface area contributed by atoms with E-state index in [1.807, 2.05) is 13.8 Å². The van der Waals surface area contributed by atoms with Crippen molar-refractivity contribution in [2.24, 2.45) is 0 Å². The number of rotatable bonds is 3. The monoisotopic (exact) mass is 383 g/mol. The number of ether oxygens (including phenoxy) is 1. The zero-order valence-electron chi connectivity index (χ0n) is 13.9. The zero-order valence-corrected chi connectivity index (χ0v) is 15.5. The van der Waals surface area contributed by atoms with Crippen LogP contribution in [0.2, 0.25) is 5.02 Å². The minimum absolute atomic E-state index is 0.162. The number of hydrogen-bond acceptors (Lipinski definition) is 3. The molecular weight excluding hydrogens is 365 g/mol. The molecule has 4 nitrogen and oxygen atoms in total. The van der Waals surface area contributed by atoms with Gasteiger partial charge in [0.05, 0.1) is 17.1 Å². The SMILES string of the molecule is Cc1ccc(S(=O)(=O)N2CC(C)OC(c3ccc(F)cc3)C2)cc1Cl. The third-order valence-electron chi connectivity index (χ3n) is 4.25. The van der Waals surface area contributed by atoms with Crippen LogP contribution in [0, 0.1) is 12.7 Å². The van der Waals surface area contributed by atoms with E-state index in [-0.39, 0.29) is 29.9 Å². The van der Waals surface area contributed by atoms with Crippen LogP contribution >= 0.6 is 11.6 Å². The number of morpholine rings is 1. The zero-order chi connectivity index (χ0) is 18.2. The van der Waals surface area contributed by atoms with Gasteiger partial charge in [0.2, 0.25) is 10.0 Å². The summed E-state index contributed by atoms with van der Waals surface area (Å²) in [6.07, 6.45) is -0.723. The van der Waals surface area contributed by atoms with E-state index in [9.17, 15) is 12.8 Å². The van der Waals surface area contributed by atoms with Gasteiger partial charge in [0.1, 0.15) is 5.82 Å². The first-order valence-corrected chi connectivity index (χ1v) is 9.76. The molecule has 1 fully saturated rings. The van der Waals surface area contributed by atoms with E-state index < -0.39 is 16.1 Å². The second-order valence-corrected chi connectivity index (χ2v) is 8.57. The maximum absolute atomic E-state index is 13.1. The highest BCUT2D eigenvalue weighted by Crippen LogP contribution is 2.30. The lowest BCUT2D eigenvalue weighted by molar-refractivity contribution is -0.0557. The lowest BCUT2D eigenvalue weighted by atomic mass is 10.1. The number of benzene rings is 2. The summed E-state index contributed by atoms with van der Waals surface area (Å²) in [6, 6.07) is 10.6. The molecule has 0 spiro atoms. The Labute approximate surface area is 152 Å². The van der Waals surface area contributed by atoms with Crippen molar-refractivity contribution in [2.45, 2.75) is 31.0 Å². The predicted molar refractivity (Wildman–Crippen MR) is 94.6 cm³/mol. The van der Waals surface area contributed by atoms with Gasteiger partial charge in [-0.25, -0.2) is 12.8 Å². The van der Waals surface area contributed by atoms with E-state index in [4.69, 9.17) is 16.3 Å². The van der Waals surface area contributed by atoms with Crippen molar-refractivity contribution < 1.29 is 17.5 Å². The fourth-order valence-electron chi connectivity index (χ4n) is 2.85. The van der Waals surface area contributed by atoms with Gasteiger partial charge >= 0.3 is 0 Å². The van der Waals surface area contributed by atoms with Gasteiger partial charge in [0.25, 0.3) is 0 Å². The Balaban J connectivity index is 1.90. The van der Waals surface area contributed by atoms with Gasteiger partial charge in [0.15, 0.2) is 0 Å². The lowest BCUT2D eigenvalue weighted by Gasteiger charge is -2.36. The average Bonchev–Trinajstić information content (AvgIpc) is 2.57. The Hall–Kier alpha value is -1.47. The molecule has 1 aliphatic rings. The number of aryl methyl sites for hydroxylation is 1. The second-order valence-electron chi connectivity index (χ2n) is 6.22. The normalized spacial score (nSPS) is 22.1. The van der Waals surface area contributed by atoms with E-state index in [1.54, 1.807) is 24.3 Å². The van der Waals surface area contributed by atoms with Crippen LogP contribution in [0.25, 0.3) is 0 Å². The standard InChI is InChI=1S/C18H19ClFNO3S/c1-12-3-8-16(9-17(12)19)25(22,23)21-10-13(2)24-18(11-21)14-4-6-15(20)7-5-14/h3-9,13,18H,10-11H2,1-2H3. The summed E-state index contributed by atoms with van der Waals surface area (Å²) >= 11 is 6.08. The number of halogens is 2. The molecule has 0 aromatic heterocycles. The van der Waals surface area contributed by atoms with E-state index in [2.05, 4.69) is 0 Å². The fraction of sp³-hybridized carbons (Fsp3) is 0.333. The molecule has 1 aliphatic heterocycles. The smallest absolute Gasteiger partial charge is 0.243 e. The van der Waals surface area contributed by atoms with Crippen LogP contribution in [0.5, 0.6) is 0 Å². The van der Waals surface area contributed by atoms with Gasteiger partial charge in [-0.15, -0.1) is 0 Å². The summed E-state index contributed by atoms with van der Waals surface area (Å²) in [5.74, 6) is -0.341. The van der Waals surface area contributed by atoms with Crippen LogP contribution in [-0.2, 0) is 14.8 Å². The molecule has 7 heteroatoms. The van der Waals surface area contributed by atoms with E-state index in [1.165, 1.54) is 22.5 Å². The average molecular weight is 384 g/mol. The molecule has 0 N–H and O–H groups in total. The highest BCUT2D eigenvalue weighted by molar-refractivity contribution is 7.89. The van der Waals surface area contributed by atoms with E-state index in [0.29, 0.717) is 5.02 Å². The minimum atomic E-state index is -3.69. The van der Waals surface area contributed by atoms with Crippen molar-refractivity contribution in [1.29, 1.82) is 0 Å². The number of nitrogens with zero attached hydrogens (tertiary/aromatic N) is 1. The summed E-state index contributed by atoms with van der Waals surface area (Å²) in [4.78, 5) is 0.162. The van der Waals surface area contributed by atoms with Crippen LogP contribution in [0.3, 0.4) is 0 Å². The minimum Gasteiger partial charge on any atom is -0.368 e. The molecule has 1 heterocycles. The predicted octanol–water partition coefficient (Wildman–Crippen LogP) is 3.94. The van der Waals surface area contributed by atoms with E-state index in [0.717, 1.165) is 11.1 Å². The molecule has 0 saturated carbocycles. The molecule has 134 valence electrons.